The van der Waals surface area contributed by atoms with E-state index in [1.807, 2.05) is 40.8 Å². The van der Waals surface area contributed by atoms with Crippen LogP contribution < -0.4 is 37.9 Å². The van der Waals surface area contributed by atoms with E-state index >= 15 is 17.6 Å². The molecule has 0 spiro atoms. The van der Waals surface area contributed by atoms with Crippen molar-refractivity contribution in [2.75, 3.05) is 152 Å². The van der Waals surface area contributed by atoms with Crippen molar-refractivity contribution >= 4 is 101 Å². The molecule has 0 amide bonds. The highest BCUT2D eigenvalue weighted by molar-refractivity contribution is 7.23. The Morgan fingerprint density at radius 1 is 0.500 bits per heavy atom. The molecule has 12 aromatic rings. The van der Waals surface area contributed by atoms with Crippen LogP contribution in [0.3, 0.4) is 0 Å². The summed E-state index contributed by atoms with van der Waals surface area (Å²) in [5, 5.41) is 24.3. The number of piperazine rings is 2. The molecule has 8 bridgehead atoms. The minimum atomic E-state index is -1.66. The second-order valence-corrected chi connectivity index (χ2v) is 43.0. The number of aromatic nitrogens is 8. The zero-order valence-electron chi connectivity index (χ0n) is 82.6. The van der Waals surface area contributed by atoms with Gasteiger partial charge in [0.1, 0.15) is 131 Å². The van der Waals surface area contributed by atoms with Gasteiger partial charge in [-0.3, -0.25) is 9.80 Å². The second-order valence-electron chi connectivity index (χ2n) is 39.5. The summed E-state index contributed by atoms with van der Waals surface area (Å²) in [6, 6.07) is 23.8. The SMILES string of the molecule is Cc1c(Cl)c2c(Cl)c(C)c1-c1c(-c3ccc(F)c(C4CN(C)CCN4C[C@@H]4COc5ccc(OCc6ccnc([C@H]7CC[C@@](F)(COC[C@@H]8COCCO8)CC7)n6)c(c5)C[C@H](C(=O)O)Oc5ncnc6sc(-c7ccc(F)cc7)c(c56)-c5c(C)c(Cl)c(c(Cl)c5C)O4)c3)sc3ncnc(c13)O[C@@H](C(=O)O)Cc1cc(ccc1OCc1ccnc([C@H]3CC[C@@](F)(COC[C@H]4COCCO4)CC3)n1)OC[C@@H](CN1CCN(C)CC1)O2. The number of carboxylic acids is 2. The summed E-state index contributed by atoms with van der Waals surface area (Å²) in [6.45, 7) is 14.8. The van der Waals surface area contributed by atoms with Crippen molar-refractivity contribution in [3.63, 3.8) is 0 Å². The van der Waals surface area contributed by atoms with Gasteiger partial charge < -0.3 is 86.3 Å². The predicted octanol–water partition coefficient (Wildman–Crippen LogP) is 19.5. The molecule has 0 radical (unpaired) electrons. The lowest BCUT2D eigenvalue weighted by Crippen LogP contribution is -2.51. The van der Waals surface area contributed by atoms with Gasteiger partial charge in [0.25, 0.3) is 0 Å². The Kier molecular flexibility index (Phi) is 32.4. The molecule has 2 aliphatic carbocycles. The van der Waals surface area contributed by atoms with Gasteiger partial charge in [-0.1, -0.05) is 64.6 Å². The van der Waals surface area contributed by atoms with Crippen LogP contribution in [-0.4, -0.2) is 282 Å². The van der Waals surface area contributed by atoms with Crippen molar-refractivity contribution in [3.05, 3.63) is 210 Å². The standard InChI is InChI=1S/C108H114Cl4F4N12O18S2/c1-59-85-60(2)94(112)96(93(59)111)144-75(54-140-73-13-16-82(142-48-71-22-28-118-100(124-71)65-19-25-108(116,26-20-65)56-136-52-77-50-134-36-38-138-77)68(40-73)43-83(105(129)130)145-101-89-87(85)97(147-103(89)121-57-119-101)63-7-10-69(113)11-8-63)45-128-34-31-126(6)46-80(128)78-41-66(9-14-79(78)114)98-88-86-61(3)91(109)95(92(110)62(86)4)143-74(44-127-32-29-125(5)30-33-127)53-139-72-12-15-81(67(39-72)42-84(106(131)132)146-102-90(88)104(148-98)122-58-120-102)141-47-70-21-27-117-99(123-70)64-17-23-107(115,24-18-64)55-135-51-76-49-133-35-37-137-76/h7-16,21-22,27-28,39-41,57-58,64-65,74-77,80,83-84H,17-20,23-26,29-38,42-56H2,1-6H3,(H,129,130)(H,131,132)/t64-,65-,74-,75-,76-,77+,80?,83-,84-,107-,108-/m1/s1. The molecule has 22 rings (SSSR count). The van der Waals surface area contributed by atoms with Crippen LogP contribution in [-0.2, 0) is 64.1 Å². The number of carboxylic acid groups (broad SMARTS) is 2. The fraction of sp³-hybridized carbons (Fsp3) is 0.463. The van der Waals surface area contributed by atoms with Crippen LogP contribution in [0.15, 0.2) is 116 Å². The number of aliphatic carboxylic acids is 2. The number of nitrogens with zero attached hydrogens (tertiary/aromatic N) is 12. The van der Waals surface area contributed by atoms with Crippen LogP contribution in [0.4, 0.5) is 17.6 Å². The fourth-order valence-corrected chi connectivity index (χ4v) is 24.3. The molecule has 6 aromatic heterocycles. The topological polar surface area (TPSA) is 320 Å². The highest BCUT2D eigenvalue weighted by atomic mass is 35.5. The third-order valence-corrected chi connectivity index (χ3v) is 33.2. The summed E-state index contributed by atoms with van der Waals surface area (Å²) < 4.78 is 155. The lowest BCUT2D eigenvalue weighted by atomic mass is 9.80. The highest BCUT2D eigenvalue weighted by Crippen LogP contribution is 2.57. The number of hydrogen-bond donors (Lipinski definition) is 2. The number of benzene rings is 6. The van der Waals surface area contributed by atoms with E-state index < -0.39 is 65.4 Å². The Morgan fingerprint density at radius 3 is 1.43 bits per heavy atom. The molecule has 6 aromatic carbocycles. The molecule has 10 aliphatic rings. The molecule has 4 saturated heterocycles. The summed E-state index contributed by atoms with van der Waals surface area (Å²) in [4.78, 5) is 77.3. The number of thiophene rings is 2. The minimum absolute atomic E-state index is 0.0103. The lowest BCUT2D eigenvalue weighted by molar-refractivity contribution is -0.145. The molecule has 8 aliphatic heterocycles. The third-order valence-electron chi connectivity index (χ3n) is 29.1. The maximum Gasteiger partial charge on any atom is 0.345 e. The number of halogens is 8. The maximum absolute atomic E-state index is 18.2. The zero-order valence-corrected chi connectivity index (χ0v) is 87.3. The number of carbonyl (C=O) groups is 2. The van der Waals surface area contributed by atoms with Gasteiger partial charge in [-0.2, -0.15) is 0 Å². The van der Waals surface area contributed by atoms with E-state index in [9.17, 15) is 19.8 Å². The van der Waals surface area contributed by atoms with Crippen molar-refractivity contribution in [2.24, 2.45) is 0 Å². The molecule has 2 N–H and O–H groups in total. The monoisotopic (exact) mass is 2150 g/mol. The van der Waals surface area contributed by atoms with Crippen LogP contribution in [0.5, 0.6) is 46.3 Å². The quantitative estimate of drug-likeness (QED) is 0.0502. The summed E-state index contributed by atoms with van der Waals surface area (Å²) in [6.07, 6.45) is 2.75. The van der Waals surface area contributed by atoms with Crippen molar-refractivity contribution in [1.82, 2.24) is 59.5 Å². The van der Waals surface area contributed by atoms with Crippen LogP contribution in [0.1, 0.15) is 131 Å². The van der Waals surface area contributed by atoms with Gasteiger partial charge in [0, 0.05) is 134 Å². The Labute approximate surface area is 881 Å². The first-order valence-electron chi connectivity index (χ1n) is 49.9. The minimum Gasteiger partial charge on any atom is -0.490 e. The first-order valence-corrected chi connectivity index (χ1v) is 53.1. The van der Waals surface area contributed by atoms with Gasteiger partial charge in [0.15, 0.2) is 11.5 Å². The Balaban J connectivity index is 0.636. The van der Waals surface area contributed by atoms with Crippen molar-refractivity contribution in [2.45, 2.75) is 171 Å². The molecular formula is C108H114Cl4F4N12O18S2. The van der Waals surface area contributed by atoms with E-state index in [0.717, 1.165) is 26.2 Å². The number of ether oxygens (including phenoxy) is 14. The van der Waals surface area contributed by atoms with E-state index in [1.165, 1.54) is 53.5 Å². The molecule has 1 unspecified atom stereocenters. The Hall–Kier alpha value is -10.6. The van der Waals surface area contributed by atoms with Gasteiger partial charge in [-0.15, -0.1) is 22.7 Å². The first-order chi connectivity index (χ1) is 71.6. The molecule has 30 nitrogen and oxygen atoms in total. The molecular weight excluding hydrogens is 2040 g/mol. The van der Waals surface area contributed by atoms with Crippen molar-refractivity contribution in [1.29, 1.82) is 0 Å². The summed E-state index contributed by atoms with van der Waals surface area (Å²) in [5.41, 5.74) is 4.14. The molecule has 148 heavy (non-hydrogen) atoms. The largest absolute Gasteiger partial charge is 0.490 e. The number of rotatable bonds is 25. The van der Waals surface area contributed by atoms with Gasteiger partial charge in [-0.25, -0.2) is 67.0 Å². The first kappa shape index (κ1) is 104. The fourth-order valence-electron chi connectivity index (χ4n) is 21.0. The normalized spacial score (nSPS) is 23.5. The smallest absolute Gasteiger partial charge is 0.345 e. The second kappa shape index (κ2) is 45.9. The van der Waals surface area contributed by atoms with Gasteiger partial charge in [-0.05, 0) is 210 Å². The van der Waals surface area contributed by atoms with Gasteiger partial charge in [0.05, 0.1) is 114 Å². The number of likely N-dealkylation sites (N-methyl/N-ethyl adjacent to an activating group) is 2. The van der Waals surface area contributed by atoms with Crippen LogP contribution >= 0.6 is 69.1 Å². The van der Waals surface area contributed by atoms with E-state index in [4.69, 9.17) is 138 Å². The van der Waals surface area contributed by atoms with E-state index in [-0.39, 0.29) is 189 Å². The Morgan fingerprint density at radius 2 is 0.959 bits per heavy atom. The molecule has 7 atom stereocenters. The van der Waals surface area contributed by atoms with Crippen LogP contribution in [0, 0.1) is 39.3 Å². The van der Waals surface area contributed by atoms with Crippen molar-refractivity contribution < 1.29 is 104 Å². The molecule has 6 fully saturated rings. The van der Waals surface area contributed by atoms with Crippen LogP contribution in [0.25, 0.3) is 63.6 Å². The number of hydrogen-bond acceptors (Lipinski definition) is 30. The zero-order chi connectivity index (χ0) is 103. The molecule has 14 heterocycles. The number of fused-ring (bicyclic) bond motifs is 14. The third kappa shape index (κ3) is 23.4. The number of alkyl halides is 2. The average Bonchev–Trinajstić information content (AvgIpc) is 1.56. The maximum atomic E-state index is 18.2. The van der Waals surface area contributed by atoms with Crippen LogP contribution in [0.2, 0.25) is 20.1 Å². The Bertz CT molecular complexity index is 6800. The summed E-state index contributed by atoms with van der Waals surface area (Å²) in [5.74, 6) is -1.57. The van der Waals surface area contributed by atoms with Gasteiger partial charge >= 0.3 is 11.9 Å². The highest BCUT2D eigenvalue weighted by Gasteiger charge is 2.43. The van der Waals surface area contributed by atoms with E-state index in [0.29, 0.717) is 216 Å². The summed E-state index contributed by atoms with van der Waals surface area (Å²) in [7, 11) is 4.04. The lowest BCUT2D eigenvalue weighted by Gasteiger charge is -2.42. The molecule has 2 saturated carbocycles. The van der Waals surface area contributed by atoms with Crippen molar-refractivity contribution in [3.8, 4) is 89.4 Å². The van der Waals surface area contributed by atoms with Gasteiger partial charge in [0.2, 0.25) is 24.0 Å². The molecule has 40 heteroatoms. The molecule has 782 valence electrons. The summed E-state index contributed by atoms with van der Waals surface area (Å²) >= 11 is 33.6. The van der Waals surface area contributed by atoms with E-state index in [1.54, 1.807) is 79.1 Å². The average molecular weight is 2150 g/mol. The predicted molar refractivity (Wildman–Crippen MR) is 551 cm³/mol. The van der Waals surface area contributed by atoms with E-state index in [2.05, 4.69) is 41.6 Å².